The molecule has 0 unspecified atom stereocenters. The van der Waals surface area contributed by atoms with E-state index in [0.717, 1.165) is 21.8 Å². The Hall–Kier alpha value is -4.59. The van der Waals surface area contributed by atoms with Crippen LogP contribution in [0.25, 0.3) is 6.08 Å². The molecule has 0 saturated carbocycles. The fourth-order valence-electron chi connectivity index (χ4n) is 3.77. The molecule has 0 aromatic heterocycles. The molecule has 0 spiro atoms. The molecular formula is C29H28N2O6. The van der Waals surface area contributed by atoms with Gasteiger partial charge in [-0.15, -0.1) is 0 Å². The average Bonchev–Trinajstić information content (AvgIpc) is 2.87. The third-order valence-corrected chi connectivity index (χ3v) is 5.57. The monoisotopic (exact) mass is 500 g/mol. The van der Waals surface area contributed by atoms with Gasteiger partial charge >= 0.3 is 6.03 Å². The molecule has 1 N–H and O–H groups in total. The van der Waals surface area contributed by atoms with Crippen LogP contribution in [-0.4, -0.2) is 37.7 Å². The summed E-state index contributed by atoms with van der Waals surface area (Å²) in [4.78, 5) is 39.0. The lowest BCUT2D eigenvalue weighted by molar-refractivity contribution is -0.122. The number of anilines is 1. The predicted octanol–water partition coefficient (Wildman–Crippen LogP) is 4.83. The second-order valence-electron chi connectivity index (χ2n) is 8.45. The number of aryl methyl sites for hydroxylation is 2. The molecule has 8 nitrogen and oxygen atoms in total. The van der Waals surface area contributed by atoms with E-state index in [4.69, 9.17) is 14.2 Å². The number of ether oxygens (including phenoxy) is 3. The fourth-order valence-corrected chi connectivity index (χ4v) is 3.77. The van der Waals surface area contributed by atoms with Crippen LogP contribution in [0, 0.1) is 13.8 Å². The van der Waals surface area contributed by atoms with Crippen LogP contribution in [0.1, 0.15) is 23.6 Å². The standard InChI is InChI=1S/C29H28N2O6/c1-4-35-26-18-21(10-13-25(26)37-15-14-36-23-7-5-6-20(3)16-23)17-24-27(32)30-29(34)31(28(24)33)22-11-8-19(2)9-12-22/h5-13,16-18H,4,14-15H2,1-3H3,(H,30,32,34)/b24-17-. The number of carbonyl (C=O) groups excluding carboxylic acids is 3. The molecule has 3 aromatic rings. The number of nitrogens with one attached hydrogen (secondary N) is 1. The Morgan fingerprint density at radius 1 is 0.811 bits per heavy atom. The summed E-state index contributed by atoms with van der Waals surface area (Å²) in [6, 6.07) is 19.0. The summed E-state index contributed by atoms with van der Waals surface area (Å²) in [6.07, 6.45) is 1.43. The smallest absolute Gasteiger partial charge is 0.335 e. The highest BCUT2D eigenvalue weighted by Crippen LogP contribution is 2.30. The number of barbiturate groups is 1. The lowest BCUT2D eigenvalue weighted by Crippen LogP contribution is -2.54. The van der Waals surface area contributed by atoms with Gasteiger partial charge in [0.1, 0.15) is 24.5 Å². The number of carbonyl (C=O) groups is 3. The summed E-state index contributed by atoms with van der Waals surface area (Å²) in [5.74, 6) is 0.272. The van der Waals surface area contributed by atoms with E-state index in [1.165, 1.54) is 6.08 Å². The van der Waals surface area contributed by atoms with Gasteiger partial charge in [0.15, 0.2) is 11.5 Å². The van der Waals surface area contributed by atoms with Crippen LogP contribution in [0.2, 0.25) is 0 Å². The minimum absolute atomic E-state index is 0.164. The van der Waals surface area contributed by atoms with Crippen molar-refractivity contribution in [1.29, 1.82) is 0 Å². The molecule has 0 aliphatic carbocycles. The lowest BCUT2D eigenvalue weighted by atomic mass is 10.1. The van der Waals surface area contributed by atoms with Crippen molar-refractivity contribution in [2.75, 3.05) is 24.7 Å². The molecule has 1 aliphatic heterocycles. The van der Waals surface area contributed by atoms with Crippen LogP contribution in [0.15, 0.2) is 72.3 Å². The van der Waals surface area contributed by atoms with Gasteiger partial charge in [-0.1, -0.05) is 35.9 Å². The highest BCUT2D eigenvalue weighted by atomic mass is 16.5. The van der Waals surface area contributed by atoms with Crippen molar-refractivity contribution in [2.45, 2.75) is 20.8 Å². The van der Waals surface area contributed by atoms with Gasteiger partial charge in [-0.25, -0.2) is 9.69 Å². The molecule has 0 bridgehead atoms. The number of benzene rings is 3. The summed E-state index contributed by atoms with van der Waals surface area (Å²) >= 11 is 0. The van der Waals surface area contributed by atoms with Crippen molar-refractivity contribution in [3.8, 4) is 17.2 Å². The molecule has 1 fully saturated rings. The van der Waals surface area contributed by atoms with Crippen molar-refractivity contribution in [1.82, 2.24) is 5.32 Å². The van der Waals surface area contributed by atoms with E-state index in [-0.39, 0.29) is 5.57 Å². The molecule has 1 aliphatic rings. The molecule has 0 atom stereocenters. The maximum Gasteiger partial charge on any atom is 0.335 e. The number of amides is 4. The Balaban J connectivity index is 1.50. The van der Waals surface area contributed by atoms with Gasteiger partial charge in [-0.3, -0.25) is 14.9 Å². The van der Waals surface area contributed by atoms with Crippen LogP contribution in [-0.2, 0) is 9.59 Å². The normalized spacial score (nSPS) is 14.5. The largest absolute Gasteiger partial charge is 0.490 e. The van der Waals surface area contributed by atoms with Crippen LogP contribution in [0.3, 0.4) is 0 Å². The Labute approximate surface area is 215 Å². The predicted molar refractivity (Wildman–Crippen MR) is 140 cm³/mol. The second kappa shape index (κ2) is 11.4. The number of hydrogen-bond donors (Lipinski definition) is 1. The first-order valence-electron chi connectivity index (χ1n) is 11.9. The van der Waals surface area contributed by atoms with E-state index in [1.54, 1.807) is 42.5 Å². The summed E-state index contributed by atoms with van der Waals surface area (Å²) in [7, 11) is 0. The van der Waals surface area contributed by atoms with Gasteiger partial charge in [0, 0.05) is 0 Å². The third-order valence-electron chi connectivity index (χ3n) is 5.57. The first-order valence-corrected chi connectivity index (χ1v) is 11.9. The minimum Gasteiger partial charge on any atom is -0.490 e. The van der Waals surface area contributed by atoms with E-state index in [0.29, 0.717) is 42.6 Å². The molecule has 0 radical (unpaired) electrons. The zero-order valence-electron chi connectivity index (χ0n) is 20.9. The van der Waals surface area contributed by atoms with Crippen molar-refractivity contribution in [2.24, 2.45) is 0 Å². The fraction of sp³-hybridized carbons (Fsp3) is 0.207. The van der Waals surface area contributed by atoms with Crippen LogP contribution in [0.5, 0.6) is 17.2 Å². The molecule has 3 aromatic carbocycles. The van der Waals surface area contributed by atoms with E-state index >= 15 is 0 Å². The van der Waals surface area contributed by atoms with Gasteiger partial charge < -0.3 is 14.2 Å². The zero-order chi connectivity index (χ0) is 26.4. The van der Waals surface area contributed by atoms with Crippen molar-refractivity contribution in [3.05, 3.63) is 89.0 Å². The van der Waals surface area contributed by atoms with Gasteiger partial charge in [0.2, 0.25) is 0 Å². The number of urea groups is 1. The summed E-state index contributed by atoms with van der Waals surface area (Å²) in [5, 5.41) is 2.23. The first-order chi connectivity index (χ1) is 17.9. The Morgan fingerprint density at radius 3 is 2.30 bits per heavy atom. The minimum atomic E-state index is -0.789. The molecule has 8 heteroatoms. The molecule has 4 rings (SSSR count). The summed E-state index contributed by atoms with van der Waals surface area (Å²) in [5.41, 5.74) is 2.84. The van der Waals surface area contributed by atoms with E-state index in [2.05, 4.69) is 5.32 Å². The van der Waals surface area contributed by atoms with Crippen LogP contribution < -0.4 is 24.4 Å². The maximum atomic E-state index is 13.1. The Bertz CT molecular complexity index is 1350. The second-order valence-corrected chi connectivity index (χ2v) is 8.45. The van der Waals surface area contributed by atoms with Gasteiger partial charge in [-0.05, 0) is 74.4 Å². The SMILES string of the molecule is CCOc1cc(/C=C2/C(=O)NC(=O)N(c3ccc(C)cc3)C2=O)ccc1OCCOc1cccc(C)c1. The van der Waals surface area contributed by atoms with Gasteiger partial charge in [0.05, 0.1) is 12.3 Å². The molecule has 190 valence electrons. The maximum absolute atomic E-state index is 13.1. The molecule has 37 heavy (non-hydrogen) atoms. The number of hydrogen-bond acceptors (Lipinski definition) is 6. The zero-order valence-corrected chi connectivity index (χ0v) is 20.9. The number of nitrogens with zero attached hydrogens (tertiary/aromatic N) is 1. The number of imide groups is 2. The lowest BCUT2D eigenvalue weighted by Gasteiger charge is -2.26. The summed E-state index contributed by atoms with van der Waals surface area (Å²) < 4.78 is 17.3. The first kappa shape index (κ1) is 25.5. The molecule has 1 saturated heterocycles. The highest BCUT2D eigenvalue weighted by molar-refractivity contribution is 6.39. The Morgan fingerprint density at radius 2 is 1.57 bits per heavy atom. The summed E-state index contributed by atoms with van der Waals surface area (Å²) in [6.45, 7) is 6.78. The highest BCUT2D eigenvalue weighted by Gasteiger charge is 2.36. The third kappa shape index (κ3) is 6.16. The van der Waals surface area contributed by atoms with E-state index in [1.807, 2.05) is 45.0 Å². The molecule has 1 heterocycles. The topological polar surface area (TPSA) is 94.2 Å². The van der Waals surface area contributed by atoms with Crippen molar-refractivity contribution >= 4 is 29.6 Å². The average molecular weight is 501 g/mol. The quantitative estimate of drug-likeness (QED) is 0.257. The van der Waals surface area contributed by atoms with Crippen LogP contribution in [0.4, 0.5) is 10.5 Å². The number of rotatable bonds is 9. The van der Waals surface area contributed by atoms with E-state index < -0.39 is 17.8 Å². The van der Waals surface area contributed by atoms with Crippen molar-refractivity contribution in [3.63, 3.8) is 0 Å². The van der Waals surface area contributed by atoms with Crippen LogP contribution >= 0.6 is 0 Å². The van der Waals surface area contributed by atoms with Gasteiger partial charge in [-0.2, -0.15) is 0 Å². The molecular weight excluding hydrogens is 472 g/mol. The van der Waals surface area contributed by atoms with Crippen molar-refractivity contribution < 1.29 is 28.6 Å². The Kier molecular flexibility index (Phi) is 7.88. The van der Waals surface area contributed by atoms with E-state index in [9.17, 15) is 14.4 Å². The van der Waals surface area contributed by atoms with Gasteiger partial charge in [0.25, 0.3) is 11.8 Å². The molecule has 4 amide bonds.